The molecular weight excluding hydrogens is 687 g/mol. The standard InChI is InChI=1S/C30H23Cl3N10O5/c1-42-13-19(32)21(39-42)11-22(36-25(44)8-4-15-9-17(31)5-7-23(15)43-14-34-40-41-43)29-37-27(28(33)38-29)16-3-6-20-18(10-16)24(12-26(45)35-20)48-30(46)47-2/h3-10,12-14,22H,11H2,1-2H3,(H,35,45)(H,36,44)(H,37,38)/b8-4+/t22-/m0/s1. The van der Waals surface area contributed by atoms with Crippen molar-refractivity contribution in [3.8, 4) is 22.7 Å². The van der Waals surface area contributed by atoms with Crippen molar-refractivity contribution in [2.45, 2.75) is 12.5 Å². The third kappa shape index (κ3) is 7.07. The second kappa shape index (κ2) is 13.7. The molecule has 3 N–H and O–H groups in total. The molecule has 18 heteroatoms. The van der Waals surface area contributed by atoms with Crippen LogP contribution >= 0.6 is 34.8 Å². The maximum atomic E-state index is 13.4. The molecule has 6 aromatic rings. The lowest BCUT2D eigenvalue weighted by molar-refractivity contribution is -0.117. The third-order valence-electron chi connectivity index (χ3n) is 7.01. The molecule has 0 aliphatic carbocycles. The Balaban J connectivity index is 1.33. The molecule has 244 valence electrons. The fourth-order valence-corrected chi connectivity index (χ4v) is 5.57. The second-order valence-corrected chi connectivity index (χ2v) is 11.5. The molecule has 0 aliphatic heterocycles. The first-order valence-electron chi connectivity index (χ1n) is 14.0. The van der Waals surface area contributed by atoms with Gasteiger partial charge < -0.3 is 24.8 Å². The summed E-state index contributed by atoms with van der Waals surface area (Å²) in [6.07, 6.45) is 5.15. The number of rotatable bonds is 9. The fraction of sp³-hybridized carbons (Fsp3) is 0.133. The highest BCUT2D eigenvalue weighted by molar-refractivity contribution is 6.32. The first-order chi connectivity index (χ1) is 23.1. The minimum Gasteiger partial charge on any atom is -0.437 e. The van der Waals surface area contributed by atoms with E-state index >= 15 is 0 Å². The van der Waals surface area contributed by atoms with Gasteiger partial charge in [-0.05, 0) is 46.8 Å². The zero-order valence-electron chi connectivity index (χ0n) is 24.9. The predicted octanol–water partition coefficient (Wildman–Crippen LogP) is 4.85. The van der Waals surface area contributed by atoms with Gasteiger partial charge in [0, 0.05) is 53.3 Å². The summed E-state index contributed by atoms with van der Waals surface area (Å²) in [6, 6.07) is 10.4. The van der Waals surface area contributed by atoms with Gasteiger partial charge >= 0.3 is 6.16 Å². The van der Waals surface area contributed by atoms with E-state index in [4.69, 9.17) is 44.5 Å². The van der Waals surface area contributed by atoms with Gasteiger partial charge in [-0.2, -0.15) is 9.78 Å². The molecule has 4 aromatic heterocycles. The van der Waals surface area contributed by atoms with Crippen LogP contribution in [0.3, 0.4) is 0 Å². The zero-order chi connectivity index (χ0) is 33.9. The van der Waals surface area contributed by atoms with Crippen molar-refractivity contribution in [1.82, 2.24) is 50.3 Å². The molecule has 4 heterocycles. The van der Waals surface area contributed by atoms with Gasteiger partial charge in [0.25, 0.3) is 5.56 Å². The lowest BCUT2D eigenvalue weighted by Gasteiger charge is -2.15. The van der Waals surface area contributed by atoms with Gasteiger partial charge in [-0.25, -0.2) is 9.78 Å². The number of hydrogen-bond donors (Lipinski definition) is 3. The Morgan fingerprint density at radius 3 is 2.67 bits per heavy atom. The molecule has 0 radical (unpaired) electrons. The van der Waals surface area contributed by atoms with E-state index in [2.05, 4.69) is 40.6 Å². The Kier molecular flexibility index (Phi) is 9.25. The van der Waals surface area contributed by atoms with E-state index in [1.807, 2.05) is 0 Å². The number of nitrogens with one attached hydrogen (secondary N) is 3. The summed E-state index contributed by atoms with van der Waals surface area (Å²) in [7, 11) is 2.88. The molecule has 0 bridgehead atoms. The predicted molar refractivity (Wildman–Crippen MR) is 176 cm³/mol. The Morgan fingerprint density at radius 2 is 1.94 bits per heavy atom. The van der Waals surface area contributed by atoms with Gasteiger partial charge in [0.05, 0.1) is 35.1 Å². The maximum absolute atomic E-state index is 13.4. The van der Waals surface area contributed by atoms with E-state index < -0.39 is 23.7 Å². The van der Waals surface area contributed by atoms with E-state index in [1.54, 1.807) is 60.4 Å². The van der Waals surface area contributed by atoms with Crippen LogP contribution in [0, 0.1) is 0 Å². The number of aromatic amines is 2. The fourth-order valence-electron chi connectivity index (χ4n) is 4.89. The summed E-state index contributed by atoms with van der Waals surface area (Å²) in [5, 5.41) is 20.0. The average molecular weight is 710 g/mol. The number of aryl methyl sites for hydroxylation is 1. The molecule has 15 nitrogen and oxygen atoms in total. The van der Waals surface area contributed by atoms with Crippen molar-refractivity contribution >= 4 is 63.8 Å². The van der Waals surface area contributed by atoms with Crippen LogP contribution in [0.1, 0.15) is 23.1 Å². The van der Waals surface area contributed by atoms with Crippen molar-refractivity contribution in [2.75, 3.05) is 7.11 Å². The first kappa shape index (κ1) is 32.4. The number of carbonyl (C=O) groups excluding carboxylic acids is 2. The first-order valence-corrected chi connectivity index (χ1v) is 15.1. The van der Waals surface area contributed by atoms with Gasteiger partial charge in [-0.15, -0.1) is 5.10 Å². The van der Waals surface area contributed by atoms with Crippen LogP contribution in [0.5, 0.6) is 5.75 Å². The SMILES string of the molecule is COC(=O)Oc1cc(=O)[nH]c2ccc(-c3nc([C@H](Cc4nn(C)cc4Cl)NC(=O)/C=C/c4cc(Cl)ccc4-n4cnnn4)[nH]c3Cl)cc12. The van der Waals surface area contributed by atoms with E-state index in [9.17, 15) is 14.4 Å². The topological polar surface area (TPSA) is 188 Å². The molecule has 1 amide bonds. The van der Waals surface area contributed by atoms with Gasteiger partial charge in [0.2, 0.25) is 5.91 Å². The summed E-state index contributed by atoms with van der Waals surface area (Å²) >= 11 is 19.3. The number of pyridine rings is 1. The molecule has 1 atom stereocenters. The molecule has 6 rings (SSSR count). The molecule has 2 aromatic carbocycles. The Hall–Kier alpha value is -5.51. The van der Waals surface area contributed by atoms with Crippen molar-refractivity contribution in [3.05, 3.63) is 104 Å². The number of imidazole rings is 1. The Morgan fingerprint density at radius 1 is 1.10 bits per heavy atom. The summed E-state index contributed by atoms with van der Waals surface area (Å²) < 4.78 is 12.8. The van der Waals surface area contributed by atoms with Crippen LogP contribution in [0.15, 0.2) is 65.9 Å². The molecule has 48 heavy (non-hydrogen) atoms. The highest BCUT2D eigenvalue weighted by atomic mass is 35.5. The number of methoxy groups -OCH3 is 1. The smallest absolute Gasteiger partial charge is 0.437 e. The minimum absolute atomic E-state index is 0.0148. The van der Waals surface area contributed by atoms with E-state index in [0.717, 1.165) is 13.2 Å². The van der Waals surface area contributed by atoms with E-state index in [0.29, 0.717) is 55.0 Å². The molecule has 0 aliphatic rings. The Labute approximate surface area is 285 Å². The van der Waals surface area contributed by atoms with E-state index in [-0.39, 0.29) is 17.3 Å². The maximum Gasteiger partial charge on any atom is 0.513 e. The number of tetrazole rings is 1. The summed E-state index contributed by atoms with van der Waals surface area (Å²) in [5.74, 6) is -0.176. The van der Waals surface area contributed by atoms with Crippen molar-refractivity contribution in [2.24, 2.45) is 7.05 Å². The van der Waals surface area contributed by atoms with Gasteiger partial charge in [-0.3, -0.25) is 14.3 Å². The molecular formula is C30H23Cl3N10O5. The largest absolute Gasteiger partial charge is 0.513 e. The van der Waals surface area contributed by atoms with Gasteiger partial charge in [-0.1, -0.05) is 40.9 Å². The highest BCUT2D eigenvalue weighted by Gasteiger charge is 2.24. The number of ether oxygens (including phenoxy) is 2. The highest BCUT2D eigenvalue weighted by Crippen LogP contribution is 2.33. The van der Waals surface area contributed by atoms with Crippen molar-refractivity contribution in [3.63, 3.8) is 0 Å². The second-order valence-electron chi connectivity index (χ2n) is 10.3. The third-order valence-corrected chi connectivity index (χ3v) is 7.84. The molecule has 0 saturated heterocycles. The number of aromatic nitrogens is 9. The van der Waals surface area contributed by atoms with Crippen LogP contribution < -0.4 is 15.6 Å². The number of H-pyrrole nitrogens is 2. The number of halogens is 3. The van der Waals surface area contributed by atoms with Crippen LogP contribution in [-0.2, 0) is 23.0 Å². The van der Waals surface area contributed by atoms with Gasteiger partial charge in [0.1, 0.15) is 28.7 Å². The summed E-state index contributed by atoms with van der Waals surface area (Å²) in [6.45, 7) is 0. The van der Waals surface area contributed by atoms with Crippen LogP contribution in [-0.4, -0.2) is 64.1 Å². The minimum atomic E-state index is -0.991. The normalized spacial score (nSPS) is 12.0. The number of nitrogens with zero attached hydrogens (tertiary/aromatic N) is 7. The Bertz CT molecular complexity index is 2240. The summed E-state index contributed by atoms with van der Waals surface area (Å²) in [5.41, 5.74) is 2.49. The van der Waals surface area contributed by atoms with Crippen LogP contribution in [0.25, 0.3) is 33.9 Å². The van der Waals surface area contributed by atoms with Crippen LogP contribution in [0.4, 0.5) is 4.79 Å². The lowest BCUT2D eigenvalue weighted by atomic mass is 10.1. The number of fused-ring (bicyclic) bond motifs is 1. The van der Waals surface area contributed by atoms with Gasteiger partial charge in [0.15, 0.2) is 0 Å². The monoisotopic (exact) mass is 708 g/mol. The summed E-state index contributed by atoms with van der Waals surface area (Å²) in [4.78, 5) is 47.8. The van der Waals surface area contributed by atoms with Crippen molar-refractivity contribution in [1.29, 1.82) is 0 Å². The molecule has 0 saturated carbocycles. The number of benzene rings is 2. The quantitative estimate of drug-likeness (QED) is 0.138. The van der Waals surface area contributed by atoms with Crippen LogP contribution in [0.2, 0.25) is 15.2 Å². The lowest BCUT2D eigenvalue weighted by Crippen LogP contribution is -2.29. The molecule has 0 fully saturated rings. The van der Waals surface area contributed by atoms with Crippen molar-refractivity contribution < 1.29 is 19.1 Å². The number of amides is 1. The molecule has 0 spiro atoms. The zero-order valence-corrected chi connectivity index (χ0v) is 27.2. The average Bonchev–Trinajstić information content (AvgIpc) is 3.80. The molecule has 0 unspecified atom stereocenters. The number of hydrogen-bond acceptors (Lipinski definition) is 10. The number of carbonyl (C=O) groups is 2. The van der Waals surface area contributed by atoms with E-state index in [1.165, 1.54) is 17.1 Å².